The van der Waals surface area contributed by atoms with Gasteiger partial charge in [-0.2, -0.15) is 0 Å². The van der Waals surface area contributed by atoms with Crippen molar-refractivity contribution < 1.29 is 9.15 Å². The van der Waals surface area contributed by atoms with Gasteiger partial charge in [-0.1, -0.05) is 20.8 Å². The maximum Gasteiger partial charge on any atom is 0.138 e. The van der Waals surface area contributed by atoms with Crippen LogP contribution in [0.15, 0.2) is 21.2 Å². The molecule has 0 saturated heterocycles. The average Bonchev–Trinajstić information content (AvgIpc) is 2.58. The minimum Gasteiger partial charge on any atom is -0.466 e. The number of rotatable bonds is 4. The summed E-state index contributed by atoms with van der Waals surface area (Å²) in [6.07, 6.45) is 1.54. The second kappa shape index (κ2) is 5.31. The SMILES string of the molecule is COC(C(NN)c1occc1Br)C(C)(C)C. The van der Waals surface area contributed by atoms with Crippen molar-refractivity contribution in [2.45, 2.75) is 32.9 Å². The predicted molar refractivity (Wildman–Crippen MR) is 66.7 cm³/mol. The third-order valence-corrected chi connectivity index (χ3v) is 3.17. The molecule has 0 aliphatic rings. The zero-order chi connectivity index (χ0) is 12.3. The van der Waals surface area contributed by atoms with E-state index < -0.39 is 0 Å². The second-order valence-electron chi connectivity index (χ2n) is 4.80. The molecule has 0 fully saturated rings. The van der Waals surface area contributed by atoms with Crippen molar-refractivity contribution in [3.63, 3.8) is 0 Å². The van der Waals surface area contributed by atoms with Crippen LogP contribution in [0.1, 0.15) is 32.6 Å². The van der Waals surface area contributed by atoms with Crippen molar-refractivity contribution in [2.75, 3.05) is 7.11 Å². The molecule has 0 aliphatic heterocycles. The summed E-state index contributed by atoms with van der Waals surface area (Å²) in [5.41, 5.74) is 2.71. The van der Waals surface area contributed by atoms with Gasteiger partial charge in [-0.3, -0.25) is 5.84 Å². The number of hydrogen-bond acceptors (Lipinski definition) is 4. The molecule has 0 radical (unpaired) electrons. The molecular weight excluding hydrogens is 272 g/mol. The largest absolute Gasteiger partial charge is 0.466 e. The Morgan fingerprint density at radius 3 is 2.44 bits per heavy atom. The number of hydrogen-bond donors (Lipinski definition) is 2. The van der Waals surface area contributed by atoms with Gasteiger partial charge in [0.25, 0.3) is 0 Å². The van der Waals surface area contributed by atoms with Gasteiger partial charge >= 0.3 is 0 Å². The Hall–Kier alpha value is -0.360. The number of methoxy groups -OCH3 is 1. The fraction of sp³-hybridized carbons (Fsp3) is 0.636. The van der Waals surface area contributed by atoms with Crippen LogP contribution in [0, 0.1) is 5.41 Å². The van der Waals surface area contributed by atoms with Gasteiger partial charge in [0.05, 0.1) is 16.8 Å². The number of nitrogens with one attached hydrogen (secondary N) is 1. The summed E-state index contributed by atoms with van der Waals surface area (Å²) in [7, 11) is 1.68. The Morgan fingerprint density at radius 1 is 1.50 bits per heavy atom. The summed E-state index contributed by atoms with van der Waals surface area (Å²) in [6, 6.07) is 1.66. The van der Waals surface area contributed by atoms with Crippen LogP contribution in [0.5, 0.6) is 0 Å². The number of furan rings is 1. The van der Waals surface area contributed by atoms with Crippen LogP contribution in [0.25, 0.3) is 0 Å². The zero-order valence-electron chi connectivity index (χ0n) is 10.1. The summed E-state index contributed by atoms with van der Waals surface area (Å²) in [4.78, 5) is 0. The molecule has 2 atom stereocenters. The van der Waals surface area contributed by atoms with E-state index in [9.17, 15) is 0 Å². The molecule has 0 aromatic carbocycles. The first-order valence-corrected chi connectivity index (χ1v) is 5.93. The van der Waals surface area contributed by atoms with Gasteiger partial charge in [0, 0.05) is 7.11 Å². The normalized spacial score (nSPS) is 16.1. The lowest BCUT2D eigenvalue weighted by molar-refractivity contribution is -0.0172. The Kier molecular flexibility index (Phi) is 4.55. The van der Waals surface area contributed by atoms with E-state index >= 15 is 0 Å². The maximum absolute atomic E-state index is 5.60. The van der Waals surface area contributed by atoms with Crippen LogP contribution in [0.3, 0.4) is 0 Å². The van der Waals surface area contributed by atoms with E-state index in [2.05, 4.69) is 42.1 Å². The minimum absolute atomic E-state index is 0.0436. The molecule has 0 bridgehead atoms. The highest BCUT2D eigenvalue weighted by Gasteiger charge is 2.35. The van der Waals surface area contributed by atoms with Crippen LogP contribution < -0.4 is 11.3 Å². The Bertz CT molecular complexity index is 333. The number of ether oxygens (including phenoxy) is 1. The Morgan fingerprint density at radius 2 is 2.12 bits per heavy atom. The monoisotopic (exact) mass is 290 g/mol. The zero-order valence-corrected chi connectivity index (χ0v) is 11.7. The predicted octanol–water partition coefficient (Wildman–Crippen LogP) is 2.61. The molecule has 1 aromatic heterocycles. The lowest BCUT2D eigenvalue weighted by atomic mass is 9.84. The third-order valence-electron chi connectivity index (χ3n) is 2.52. The molecule has 0 aliphatic carbocycles. The van der Waals surface area contributed by atoms with E-state index in [1.54, 1.807) is 13.4 Å². The molecule has 0 spiro atoms. The number of halogens is 1. The molecular formula is C11H19BrN2O2. The van der Waals surface area contributed by atoms with Crippen molar-refractivity contribution >= 4 is 15.9 Å². The molecule has 0 amide bonds. The molecule has 4 nitrogen and oxygen atoms in total. The quantitative estimate of drug-likeness (QED) is 0.661. The van der Waals surface area contributed by atoms with Gasteiger partial charge < -0.3 is 9.15 Å². The van der Waals surface area contributed by atoms with E-state index in [-0.39, 0.29) is 17.6 Å². The molecule has 0 saturated carbocycles. The van der Waals surface area contributed by atoms with Crippen molar-refractivity contribution in [2.24, 2.45) is 11.3 Å². The van der Waals surface area contributed by atoms with E-state index in [1.807, 2.05) is 6.07 Å². The van der Waals surface area contributed by atoms with Gasteiger partial charge in [0.2, 0.25) is 0 Å². The summed E-state index contributed by atoms with van der Waals surface area (Å²) < 4.78 is 11.8. The minimum atomic E-state index is -0.186. The van der Waals surface area contributed by atoms with E-state index in [4.69, 9.17) is 15.0 Å². The van der Waals surface area contributed by atoms with E-state index in [1.165, 1.54) is 0 Å². The summed E-state index contributed by atoms with van der Waals surface area (Å²) in [6.45, 7) is 6.30. The Balaban J connectivity index is 3.02. The van der Waals surface area contributed by atoms with Gasteiger partial charge in [-0.15, -0.1) is 0 Å². The number of nitrogens with two attached hydrogens (primary N) is 1. The van der Waals surface area contributed by atoms with Crippen LogP contribution >= 0.6 is 15.9 Å². The number of hydrazine groups is 1. The highest BCUT2D eigenvalue weighted by Crippen LogP contribution is 2.35. The van der Waals surface area contributed by atoms with Gasteiger partial charge in [-0.05, 0) is 27.4 Å². The first-order chi connectivity index (χ1) is 7.41. The lowest BCUT2D eigenvalue weighted by Crippen LogP contribution is -2.44. The molecule has 2 unspecified atom stereocenters. The van der Waals surface area contributed by atoms with Crippen molar-refractivity contribution in [1.82, 2.24) is 5.43 Å². The maximum atomic E-state index is 5.60. The third kappa shape index (κ3) is 2.85. The summed E-state index contributed by atoms with van der Waals surface area (Å²) >= 11 is 3.43. The van der Waals surface area contributed by atoms with Crippen molar-refractivity contribution in [3.05, 3.63) is 22.6 Å². The molecule has 5 heteroatoms. The molecule has 92 valence electrons. The highest BCUT2D eigenvalue weighted by molar-refractivity contribution is 9.10. The molecule has 1 rings (SSSR count). The average molecular weight is 291 g/mol. The summed E-state index contributed by atoms with van der Waals surface area (Å²) in [5, 5.41) is 0. The first kappa shape index (κ1) is 13.7. The van der Waals surface area contributed by atoms with Crippen molar-refractivity contribution in [3.8, 4) is 0 Å². The topological polar surface area (TPSA) is 60.4 Å². The van der Waals surface area contributed by atoms with Gasteiger partial charge in [0.1, 0.15) is 11.8 Å². The fourth-order valence-corrected chi connectivity index (χ4v) is 2.27. The van der Waals surface area contributed by atoms with Gasteiger partial charge in [-0.25, -0.2) is 5.43 Å². The molecule has 1 heterocycles. The van der Waals surface area contributed by atoms with Gasteiger partial charge in [0.15, 0.2) is 0 Å². The first-order valence-electron chi connectivity index (χ1n) is 5.13. The van der Waals surface area contributed by atoms with Crippen LogP contribution in [-0.4, -0.2) is 13.2 Å². The van der Waals surface area contributed by atoms with Crippen molar-refractivity contribution in [1.29, 1.82) is 0 Å². The summed E-state index contributed by atoms with van der Waals surface area (Å²) in [5.74, 6) is 6.35. The smallest absolute Gasteiger partial charge is 0.138 e. The van der Waals surface area contributed by atoms with Crippen LogP contribution in [0.4, 0.5) is 0 Å². The standard InChI is InChI=1S/C11H19BrN2O2/c1-11(2,3)10(15-4)8(14-13)9-7(12)5-6-16-9/h5-6,8,10,14H,13H2,1-4H3. The fourth-order valence-electron chi connectivity index (χ4n) is 1.82. The molecule has 3 N–H and O–H groups in total. The van der Waals surface area contributed by atoms with E-state index in [0.717, 1.165) is 10.2 Å². The highest BCUT2D eigenvalue weighted by atomic mass is 79.9. The Labute approximate surface area is 105 Å². The van der Waals surface area contributed by atoms with E-state index in [0.29, 0.717) is 0 Å². The van der Waals surface area contributed by atoms with Crippen LogP contribution in [0.2, 0.25) is 0 Å². The molecule has 1 aromatic rings. The second-order valence-corrected chi connectivity index (χ2v) is 5.65. The van der Waals surface area contributed by atoms with Crippen LogP contribution in [-0.2, 0) is 4.74 Å². The molecule has 16 heavy (non-hydrogen) atoms. The lowest BCUT2D eigenvalue weighted by Gasteiger charge is -2.34.